The maximum Gasteiger partial charge on any atom is 0.286 e. The molecule has 0 atom stereocenters. The number of fused-ring (bicyclic) bond motifs is 1. The van der Waals surface area contributed by atoms with Gasteiger partial charge in [0, 0.05) is 24.8 Å². The average molecular weight is 391 g/mol. The second-order valence-corrected chi connectivity index (χ2v) is 7.02. The summed E-state index contributed by atoms with van der Waals surface area (Å²) in [5, 5.41) is 11.0. The SMILES string of the molecule is Cc1nnsc1C(=O)N1CCCN1C(=S)Nc1ccc2c(c1)OCCO2. The first-order valence-electron chi connectivity index (χ1n) is 8.22. The molecule has 1 amide bonds. The molecule has 0 aliphatic carbocycles. The van der Waals surface area contributed by atoms with Crippen molar-refractivity contribution in [2.24, 2.45) is 0 Å². The zero-order chi connectivity index (χ0) is 18.1. The number of hydrogen-bond acceptors (Lipinski definition) is 7. The second-order valence-electron chi connectivity index (χ2n) is 5.88. The molecule has 0 saturated carbocycles. The van der Waals surface area contributed by atoms with Crippen LogP contribution in [0.25, 0.3) is 0 Å². The second kappa shape index (κ2) is 7.04. The highest BCUT2D eigenvalue weighted by Gasteiger charge is 2.31. The van der Waals surface area contributed by atoms with E-state index in [1.165, 1.54) is 0 Å². The Morgan fingerprint density at radius 1 is 1.23 bits per heavy atom. The number of hydrogen-bond donors (Lipinski definition) is 1. The van der Waals surface area contributed by atoms with Crippen LogP contribution in [0.4, 0.5) is 5.69 Å². The smallest absolute Gasteiger partial charge is 0.286 e. The number of benzene rings is 1. The van der Waals surface area contributed by atoms with Gasteiger partial charge in [0.2, 0.25) is 0 Å². The van der Waals surface area contributed by atoms with E-state index in [0.717, 1.165) is 29.4 Å². The molecule has 8 nitrogen and oxygen atoms in total. The van der Waals surface area contributed by atoms with Gasteiger partial charge < -0.3 is 14.8 Å². The zero-order valence-corrected chi connectivity index (χ0v) is 15.7. The highest BCUT2D eigenvalue weighted by Crippen LogP contribution is 2.32. The molecule has 2 aliphatic rings. The maximum atomic E-state index is 12.8. The van der Waals surface area contributed by atoms with Crippen LogP contribution in [-0.2, 0) is 0 Å². The van der Waals surface area contributed by atoms with Crippen LogP contribution in [0.2, 0.25) is 0 Å². The van der Waals surface area contributed by atoms with E-state index in [2.05, 4.69) is 14.9 Å². The Kier molecular flexibility index (Phi) is 4.60. The third-order valence-corrected chi connectivity index (χ3v) is 5.27. The lowest BCUT2D eigenvalue weighted by atomic mass is 10.2. The maximum absolute atomic E-state index is 12.8. The minimum absolute atomic E-state index is 0.124. The summed E-state index contributed by atoms with van der Waals surface area (Å²) in [7, 11) is 0. The lowest BCUT2D eigenvalue weighted by molar-refractivity contribution is 0.0506. The molecule has 10 heteroatoms. The van der Waals surface area contributed by atoms with Crippen molar-refractivity contribution in [1.82, 2.24) is 19.6 Å². The summed E-state index contributed by atoms with van der Waals surface area (Å²) >= 11 is 6.63. The predicted molar refractivity (Wildman–Crippen MR) is 101 cm³/mol. The number of ether oxygens (including phenoxy) is 2. The number of rotatable bonds is 2. The summed E-state index contributed by atoms with van der Waals surface area (Å²) in [5.41, 5.74) is 1.42. The molecule has 0 spiro atoms. The molecule has 0 unspecified atom stereocenters. The summed E-state index contributed by atoms with van der Waals surface area (Å²) < 4.78 is 15.0. The standard InChI is InChI=1S/C16H17N5O3S2/c1-10-14(26-19-18-10)15(22)20-5-2-6-21(20)16(25)17-11-3-4-12-13(9-11)24-8-7-23-12/h3-4,9H,2,5-8H2,1H3,(H,17,25). The van der Waals surface area contributed by atoms with Crippen molar-refractivity contribution in [3.63, 3.8) is 0 Å². The summed E-state index contributed by atoms with van der Waals surface area (Å²) in [4.78, 5) is 13.3. The zero-order valence-electron chi connectivity index (χ0n) is 14.1. The Labute approximate surface area is 159 Å². The highest BCUT2D eigenvalue weighted by atomic mass is 32.1. The lowest BCUT2D eigenvalue weighted by Gasteiger charge is -2.30. The Bertz CT molecular complexity index is 856. The number of thiocarbonyl (C=S) groups is 1. The van der Waals surface area contributed by atoms with Gasteiger partial charge in [0.05, 0.1) is 5.69 Å². The van der Waals surface area contributed by atoms with E-state index in [4.69, 9.17) is 21.7 Å². The third-order valence-electron chi connectivity index (χ3n) is 4.14. The third kappa shape index (κ3) is 3.17. The molecule has 2 aliphatic heterocycles. The number of hydrazine groups is 1. The van der Waals surface area contributed by atoms with Crippen LogP contribution in [-0.4, -0.2) is 56.9 Å². The van der Waals surface area contributed by atoms with E-state index in [1.54, 1.807) is 16.9 Å². The molecule has 26 heavy (non-hydrogen) atoms. The van der Waals surface area contributed by atoms with E-state index >= 15 is 0 Å². The number of aryl methyl sites for hydroxylation is 1. The van der Waals surface area contributed by atoms with Gasteiger partial charge >= 0.3 is 0 Å². The molecular formula is C16H17N5O3S2. The van der Waals surface area contributed by atoms with Crippen molar-refractivity contribution in [3.8, 4) is 11.5 Å². The predicted octanol–water partition coefficient (Wildman–Crippen LogP) is 2.08. The number of carbonyl (C=O) groups is 1. The Hall–Kier alpha value is -2.46. The van der Waals surface area contributed by atoms with Crippen LogP contribution < -0.4 is 14.8 Å². The average Bonchev–Trinajstić information content (AvgIpc) is 3.30. The van der Waals surface area contributed by atoms with Gasteiger partial charge in [-0.25, -0.2) is 5.01 Å². The Morgan fingerprint density at radius 2 is 2.00 bits per heavy atom. The number of nitrogens with one attached hydrogen (secondary N) is 1. The van der Waals surface area contributed by atoms with Gasteiger partial charge in [-0.3, -0.25) is 9.80 Å². The monoisotopic (exact) mass is 391 g/mol. The van der Waals surface area contributed by atoms with Crippen molar-refractivity contribution in [2.45, 2.75) is 13.3 Å². The molecule has 3 heterocycles. The van der Waals surface area contributed by atoms with Crippen molar-refractivity contribution in [3.05, 3.63) is 28.8 Å². The molecule has 1 aromatic carbocycles. The first kappa shape index (κ1) is 17.0. The molecule has 1 aromatic heterocycles. The normalized spacial score (nSPS) is 15.9. The quantitative estimate of drug-likeness (QED) is 0.780. The van der Waals surface area contributed by atoms with Crippen LogP contribution in [0.1, 0.15) is 21.8 Å². The molecule has 1 fully saturated rings. The fourth-order valence-corrected chi connectivity index (χ4v) is 3.80. The van der Waals surface area contributed by atoms with Gasteiger partial charge in [0.25, 0.3) is 5.91 Å². The van der Waals surface area contributed by atoms with E-state index in [1.807, 2.05) is 18.2 Å². The molecule has 0 radical (unpaired) electrons. The molecule has 136 valence electrons. The molecule has 1 saturated heterocycles. The van der Waals surface area contributed by atoms with Crippen LogP contribution in [0.15, 0.2) is 18.2 Å². The minimum atomic E-state index is -0.124. The molecule has 2 aromatic rings. The van der Waals surface area contributed by atoms with Crippen LogP contribution in [0.3, 0.4) is 0 Å². The largest absolute Gasteiger partial charge is 0.486 e. The number of carbonyl (C=O) groups excluding carboxylic acids is 1. The number of amides is 1. The van der Waals surface area contributed by atoms with E-state index in [-0.39, 0.29) is 5.91 Å². The van der Waals surface area contributed by atoms with Gasteiger partial charge in [0.1, 0.15) is 18.1 Å². The van der Waals surface area contributed by atoms with Gasteiger partial charge in [-0.05, 0) is 49.2 Å². The summed E-state index contributed by atoms with van der Waals surface area (Å²) in [5.74, 6) is 1.28. The fraction of sp³-hybridized carbons (Fsp3) is 0.375. The topological polar surface area (TPSA) is 79.8 Å². The minimum Gasteiger partial charge on any atom is -0.486 e. The number of aromatic nitrogens is 2. The number of anilines is 1. The van der Waals surface area contributed by atoms with Crippen molar-refractivity contribution in [2.75, 3.05) is 31.6 Å². The summed E-state index contributed by atoms with van der Waals surface area (Å²) in [6, 6.07) is 5.57. The first-order valence-corrected chi connectivity index (χ1v) is 9.40. The van der Waals surface area contributed by atoms with E-state index in [9.17, 15) is 4.79 Å². The van der Waals surface area contributed by atoms with Gasteiger partial charge in [-0.2, -0.15) is 0 Å². The van der Waals surface area contributed by atoms with Gasteiger partial charge in [-0.1, -0.05) is 4.49 Å². The summed E-state index contributed by atoms with van der Waals surface area (Å²) in [6.45, 7) is 4.14. The lowest BCUT2D eigenvalue weighted by Crippen LogP contribution is -2.46. The first-order chi connectivity index (χ1) is 12.6. The molecule has 4 rings (SSSR count). The van der Waals surface area contributed by atoms with Crippen LogP contribution >= 0.6 is 23.8 Å². The van der Waals surface area contributed by atoms with Gasteiger partial charge in [0.15, 0.2) is 16.6 Å². The van der Waals surface area contributed by atoms with E-state index < -0.39 is 0 Å². The van der Waals surface area contributed by atoms with E-state index in [0.29, 0.717) is 47.7 Å². The highest BCUT2D eigenvalue weighted by molar-refractivity contribution is 7.80. The van der Waals surface area contributed by atoms with Crippen LogP contribution in [0, 0.1) is 6.92 Å². The Balaban J connectivity index is 1.48. The van der Waals surface area contributed by atoms with Crippen molar-refractivity contribution < 1.29 is 14.3 Å². The van der Waals surface area contributed by atoms with Crippen molar-refractivity contribution >= 4 is 40.5 Å². The van der Waals surface area contributed by atoms with Crippen LogP contribution in [0.5, 0.6) is 11.5 Å². The molecule has 1 N–H and O–H groups in total. The Morgan fingerprint density at radius 3 is 2.77 bits per heavy atom. The van der Waals surface area contributed by atoms with Gasteiger partial charge in [-0.15, -0.1) is 5.10 Å². The molecule has 0 bridgehead atoms. The number of nitrogens with zero attached hydrogens (tertiary/aromatic N) is 4. The van der Waals surface area contributed by atoms with Crippen molar-refractivity contribution in [1.29, 1.82) is 0 Å². The molecular weight excluding hydrogens is 374 g/mol. The summed E-state index contributed by atoms with van der Waals surface area (Å²) in [6.07, 6.45) is 0.847. The fourth-order valence-electron chi connectivity index (χ4n) is 2.89.